The summed E-state index contributed by atoms with van der Waals surface area (Å²) in [5.74, 6) is -0.728. The zero-order valence-corrected chi connectivity index (χ0v) is 44.2. The third-order valence-electron chi connectivity index (χ3n) is 13.1. The van der Waals surface area contributed by atoms with Crippen molar-refractivity contribution < 1.29 is 87.8 Å². The maximum absolute atomic E-state index is 12.8. The van der Waals surface area contributed by atoms with Crippen molar-refractivity contribution in [2.45, 2.75) is 60.9 Å². The number of nitrogens with zero attached hydrogens (tertiary/aromatic N) is 2. The molecular formula is C54H50N2O8UV. The molecule has 333 valence electrons. The molecule has 12 heteroatoms. The summed E-state index contributed by atoms with van der Waals surface area (Å²) < 4.78 is 22.8. The SMILES string of the molecule is COc1ccc(-n2c(-c3ccccc3)cc(/C(C)=C3/C(=O)OC(=O)C3=C(C)C)c2C)cc1.COc1ccc(N2C(c3ccccc3)=CC3=C(C)C4=C(C(=O)OC4=O)C(C)(C)C32C)cc1.[U].[V]. The van der Waals surface area contributed by atoms with Gasteiger partial charge in [0.05, 0.1) is 47.7 Å². The number of hydrogen-bond acceptors (Lipinski definition) is 9. The van der Waals surface area contributed by atoms with Gasteiger partial charge in [-0.05, 0) is 136 Å². The molecular weight excluding hydrogens is 1090 g/mol. The first-order valence-electron chi connectivity index (χ1n) is 21.1. The number of allylic oxidation sites excluding steroid dienone is 2. The predicted octanol–water partition coefficient (Wildman–Crippen LogP) is 10.7. The molecule has 10 nitrogen and oxygen atoms in total. The number of aromatic nitrogens is 1. The van der Waals surface area contributed by atoms with Crippen molar-refractivity contribution in [3.8, 4) is 28.4 Å². The van der Waals surface area contributed by atoms with Crippen LogP contribution in [0.15, 0.2) is 160 Å². The molecule has 9 rings (SSSR count). The van der Waals surface area contributed by atoms with Gasteiger partial charge in [0.25, 0.3) is 0 Å². The molecule has 4 heterocycles. The van der Waals surface area contributed by atoms with Crippen LogP contribution in [0, 0.1) is 43.5 Å². The van der Waals surface area contributed by atoms with E-state index in [2.05, 4.69) is 52.8 Å². The van der Waals surface area contributed by atoms with Gasteiger partial charge in [-0.25, -0.2) is 19.2 Å². The standard InChI is InChI=1S/2C27H25NO4.U.V/c1-16-20-15-21(17-9-7-6-8-10-17)28(18-11-13-19(31-5)14-12-18)27(20,4)26(2,3)23-22(16)24(29)32-25(23)30;1-16(2)24-25(27(30)32-26(24)29)17(3)22-15-23(19-9-7-6-8-10-19)28(18(22)4)20-11-13-21(31-5)14-12-20;;/h2*6-15H,1-5H3;;/b;25-17+;;. The molecule has 5 aromatic rings. The zero-order chi connectivity index (χ0) is 45.8. The molecule has 0 bridgehead atoms. The van der Waals surface area contributed by atoms with E-state index in [4.69, 9.17) is 18.9 Å². The summed E-state index contributed by atoms with van der Waals surface area (Å²) in [5, 5.41) is 0. The van der Waals surface area contributed by atoms with Crippen molar-refractivity contribution in [3.63, 3.8) is 0 Å². The number of carbonyl (C=O) groups excluding carboxylic acids is 4. The van der Waals surface area contributed by atoms with E-state index in [1.165, 1.54) is 0 Å². The largest absolute Gasteiger partial charge is 0.497 e. The van der Waals surface area contributed by atoms with E-state index in [9.17, 15) is 19.2 Å². The number of rotatable bonds is 7. The second-order valence-electron chi connectivity index (χ2n) is 17.1. The molecule has 1 radical (unpaired) electrons. The van der Waals surface area contributed by atoms with Crippen LogP contribution in [0.3, 0.4) is 0 Å². The Hall–Kier alpha value is -5.82. The molecule has 1 unspecified atom stereocenters. The average Bonchev–Trinajstić information content (AvgIpc) is 4.01. The fourth-order valence-corrected chi connectivity index (χ4v) is 9.61. The number of fused-ring (bicyclic) bond motifs is 1. The van der Waals surface area contributed by atoms with Gasteiger partial charge in [0, 0.05) is 77.8 Å². The Balaban J connectivity index is 0.000000212. The van der Waals surface area contributed by atoms with Crippen LogP contribution in [0.25, 0.3) is 28.2 Å². The Morgan fingerprint density at radius 2 is 1.12 bits per heavy atom. The smallest absolute Gasteiger partial charge is 0.347 e. The van der Waals surface area contributed by atoms with E-state index >= 15 is 0 Å². The number of cyclic esters (lactones) is 4. The quantitative estimate of drug-likeness (QED) is 0.0893. The van der Waals surface area contributed by atoms with Crippen LogP contribution in [0.2, 0.25) is 0 Å². The van der Waals surface area contributed by atoms with Crippen LogP contribution in [0.5, 0.6) is 11.5 Å². The van der Waals surface area contributed by atoms with Gasteiger partial charge < -0.3 is 28.4 Å². The van der Waals surface area contributed by atoms with Crippen molar-refractivity contribution >= 4 is 40.8 Å². The number of benzene rings is 4. The molecule has 0 N–H and O–H groups in total. The minimum absolute atomic E-state index is 0. The number of hydrogen-bond donors (Lipinski definition) is 0. The number of ether oxygens (including phenoxy) is 4. The minimum Gasteiger partial charge on any atom is -0.497 e. The molecule has 0 spiro atoms. The van der Waals surface area contributed by atoms with Gasteiger partial charge in [0.1, 0.15) is 11.5 Å². The molecule has 1 aromatic heterocycles. The van der Waals surface area contributed by atoms with Crippen molar-refractivity contribution in [2.75, 3.05) is 19.1 Å². The Bertz CT molecular complexity index is 2940. The second-order valence-corrected chi connectivity index (χ2v) is 17.1. The number of anilines is 1. The summed E-state index contributed by atoms with van der Waals surface area (Å²) in [6, 6.07) is 38.1. The van der Waals surface area contributed by atoms with Gasteiger partial charge in [-0.15, -0.1) is 0 Å². The molecule has 3 aliphatic heterocycles. The first-order valence-corrected chi connectivity index (χ1v) is 21.1. The number of carbonyl (C=O) groups is 4. The third kappa shape index (κ3) is 8.11. The summed E-state index contributed by atoms with van der Waals surface area (Å²) >= 11 is 0. The first kappa shape index (κ1) is 49.6. The molecule has 0 saturated carbocycles. The Morgan fingerprint density at radius 3 is 1.65 bits per heavy atom. The van der Waals surface area contributed by atoms with Gasteiger partial charge >= 0.3 is 23.9 Å². The van der Waals surface area contributed by atoms with Crippen LogP contribution in [0.1, 0.15) is 65.3 Å². The van der Waals surface area contributed by atoms with Gasteiger partial charge in [-0.2, -0.15) is 0 Å². The van der Waals surface area contributed by atoms with E-state index in [1.54, 1.807) is 14.2 Å². The number of methoxy groups -OCH3 is 2. The van der Waals surface area contributed by atoms with Crippen LogP contribution in [-0.2, 0) is 47.2 Å². The van der Waals surface area contributed by atoms with E-state index in [0.717, 1.165) is 78.9 Å². The predicted molar refractivity (Wildman–Crippen MR) is 247 cm³/mol. The van der Waals surface area contributed by atoms with Gasteiger partial charge in [0.2, 0.25) is 0 Å². The van der Waals surface area contributed by atoms with E-state index < -0.39 is 34.8 Å². The van der Waals surface area contributed by atoms with Gasteiger partial charge in [0.15, 0.2) is 0 Å². The maximum Gasteiger partial charge on any atom is 0.347 e. The van der Waals surface area contributed by atoms with Crippen molar-refractivity contribution in [1.82, 2.24) is 4.57 Å². The molecule has 4 aromatic carbocycles. The molecule has 4 aliphatic rings. The summed E-state index contributed by atoms with van der Waals surface area (Å²) in [4.78, 5) is 52.5. The molecule has 1 atom stereocenters. The average molecular weight is 1140 g/mol. The summed E-state index contributed by atoms with van der Waals surface area (Å²) in [5.41, 5.74) is 11.4. The summed E-state index contributed by atoms with van der Waals surface area (Å²) in [6.45, 7) is 15.6. The van der Waals surface area contributed by atoms with Crippen LogP contribution >= 0.6 is 0 Å². The molecule has 0 amide bonds. The zero-order valence-electron chi connectivity index (χ0n) is 38.7. The fourth-order valence-electron chi connectivity index (χ4n) is 9.61. The van der Waals surface area contributed by atoms with Crippen molar-refractivity contribution in [2.24, 2.45) is 5.41 Å². The van der Waals surface area contributed by atoms with E-state index in [-0.39, 0.29) is 49.7 Å². The Labute approximate surface area is 421 Å². The molecule has 66 heavy (non-hydrogen) atoms. The molecule has 1 aliphatic carbocycles. The normalized spacial score (nSPS) is 18.8. The van der Waals surface area contributed by atoms with Crippen molar-refractivity contribution in [1.29, 1.82) is 0 Å². The van der Waals surface area contributed by atoms with Crippen LogP contribution in [-0.4, -0.2) is 48.2 Å². The van der Waals surface area contributed by atoms with Crippen molar-refractivity contribution in [3.05, 3.63) is 177 Å². The summed E-state index contributed by atoms with van der Waals surface area (Å²) in [6.07, 6.45) is 2.15. The van der Waals surface area contributed by atoms with Gasteiger partial charge in [-0.1, -0.05) is 80.1 Å². The van der Waals surface area contributed by atoms with Crippen LogP contribution in [0.4, 0.5) is 5.69 Å². The monoisotopic (exact) mass is 1140 g/mol. The number of esters is 4. The molecule has 1 saturated heterocycles. The third-order valence-corrected chi connectivity index (χ3v) is 13.1. The summed E-state index contributed by atoms with van der Waals surface area (Å²) in [7, 11) is 3.29. The minimum atomic E-state index is -0.701. The van der Waals surface area contributed by atoms with E-state index in [0.29, 0.717) is 22.3 Å². The molecule has 1 fully saturated rings. The van der Waals surface area contributed by atoms with Gasteiger partial charge in [-0.3, -0.25) is 0 Å². The van der Waals surface area contributed by atoms with Crippen LogP contribution < -0.4 is 14.4 Å². The Kier molecular flexibility index (Phi) is 14.4. The maximum atomic E-state index is 12.8. The topological polar surface area (TPSA) is 113 Å². The fraction of sp³-hybridized carbons (Fsp3) is 0.222. The van der Waals surface area contributed by atoms with E-state index in [1.807, 2.05) is 133 Å². The second kappa shape index (κ2) is 19.2. The Morgan fingerprint density at radius 1 is 0.621 bits per heavy atom. The first-order chi connectivity index (χ1) is 30.5.